The first-order valence-corrected chi connectivity index (χ1v) is 8.57. The molecule has 132 valence electrons. The quantitative estimate of drug-likeness (QED) is 0.681. The number of aromatic nitrogens is 4. The van der Waals surface area contributed by atoms with Crippen LogP contribution in [0, 0.1) is 0 Å². The highest BCUT2D eigenvalue weighted by Gasteiger charge is 2.31. The highest BCUT2D eigenvalue weighted by Crippen LogP contribution is 2.31. The fraction of sp³-hybridized carbons (Fsp3) is 0.300. The summed E-state index contributed by atoms with van der Waals surface area (Å²) in [5, 5.41) is 8.16. The normalized spacial score (nSPS) is 13.0. The highest BCUT2D eigenvalue weighted by atomic mass is 16.5. The van der Waals surface area contributed by atoms with Crippen LogP contribution in [0.3, 0.4) is 0 Å². The molecule has 1 aliphatic heterocycles. The number of hydrogen-bond donors (Lipinski definition) is 0. The van der Waals surface area contributed by atoms with Gasteiger partial charge in [0.2, 0.25) is 0 Å². The number of esters is 1. The molecule has 0 N–H and O–H groups in total. The number of carbonyl (C=O) groups excluding carboxylic acids is 1. The third-order valence-corrected chi connectivity index (χ3v) is 5.06. The first kappa shape index (κ1) is 16.4. The molecule has 6 nitrogen and oxygen atoms in total. The minimum Gasteiger partial charge on any atom is -0.468 e. The van der Waals surface area contributed by atoms with Gasteiger partial charge >= 0.3 is 5.97 Å². The van der Waals surface area contributed by atoms with Crippen LogP contribution in [0.1, 0.15) is 30.8 Å². The van der Waals surface area contributed by atoms with Crippen LogP contribution in [0.15, 0.2) is 43.0 Å². The number of pyridine rings is 1. The molecule has 3 heterocycles. The molecule has 4 rings (SSSR count). The first-order chi connectivity index (χ1) is 12.5. The molecule has 1 aromatic carbocycles. The Morgan fingerprint density at radius 2 is 2.00 bits per heavy atom. The van der Waals surface area contributed by atoms with E-state index < -0.39 is 5.41 Å². The fourth-order valence-electron chi connectivity index (χ4n) is 3.39. The van der Waals surface area contributed by atoms with Gasteiger partial charge in [0.25, 0.3) is 0 Å². The zero-order valence-corrected chi connectivity index (χ0v) is 15.1. The third kappa shape index (κ3) is 2.58. The molecule has 0 amide bonds. The van der Waals surface area contributed by atoms with Gasteiger partial charge in [-0.25, -0.2) is 0 Å². The molecule has 0 aliphatic carbocycles. The minimum atomic E-state index is -0.747. The van der Waals surface area contributed by atoms with Crippen molar-refractivity contribution in [2.75, 3.05) is 7.11 Å². The molecule has 0 radical (unpaired) electrons. The van der Waals surface area contributed by atoms with Gasteiger partial charge in [-0.1, -0.05) is 6.07 Å². The summed E-state index contributed by atoms with van der Waals surface area (Å²) in [6, 6.07) is 8.36. The lowest BCUT2D eigenvalue weighted by Crippen LogP contribution is -2.30. The Kier molecular flexibility index (Phi) is 3.83. The second-order valence-corrected chi connectivity index (χ2v) is 7.04. The Hall–Kier alpha value is -3.02. The van der Waals surface area contributed by atoms with Crippen molar-refractivity contribution in [2.45, 2.75) is 32.1 Å². The van der Waals surface area contributed by atoms with Crippen molar-refractivity contribution >= 4 is 5.97 Å². The number of benzene rings is 1. The van der Waals surface area contributed by atoms with Crippen molar-refractivity contribution in [1.82, 2.24) is 19.7 Å². The van der Waals surface area contributed by atoms with Crippen LogP contribution in [0.2, 0.25) is 0 Å². The van der Waals surface area contributed by atoms with Gasteiger partial charge in [0.1, 0.15) is 12.2 Å². The van der Waals surface area contributed by atoms with Crippen LogP contribution < -0.4 is 0 Å². The lowest BCUT2D eigenvalue weighted by molar-refractivity contribution is -0.146. The summed E-state index contributed by atoms with van der Waals surface area (Å²) >= 11 is 0. The van der Waals surface area contributed by atoms with E-state index in [2.05, 4.69) is 33.4 Å². The van der Waals surface area contributed by atoms with Gasteiger partial charge in [-0.15, -0.1) is 10.2 Å². The summed E-state index contributed by atoms with van der Waals surface area (Å²) in [6.45, 7) is 3.69. The van der Waals surface area contributed by atoms with Gasteiger partial charge in [-0.2, -0.15) is 0 Å². The maximum absolute atomic E-state index is 12.1. The Balaban J connectivity index is 1.74. The van der Waals surface area contributed by atoms with Crippen molar-refractivity contribution in [1.29, 1.82) is 0 Å². The molecule has 0 unspecified atom stereocenters. The predicted molar refractivity (Wildman–Crippen MR) is 97.0 cm³/mol. The predicted octanol–water partition coefficient (Wildman–Crippen LogP) is 2.88. The molecule has 1 aliphatic rings. The van der Waals surface area contributed by atoms with Crippen LogP contribution >= 0.6 is 0 Å². The monoisotopic (exact) mass is 348 g/mol. The van der Waals surface area contributed by atoms with Crippen LogP contribution in [-0.4, -0.2) is 32.8 Å². The molecule has 6 heteroatoms. The number of methoxy groups -OCH3 is 1. The van der Waals surface area contributed by atoms with E-state index in [-0.39, 0.29) is 5.97 Å². The van der Waals surface area contributed by atoms with E-state index in [4.69, 9.17) is 4.74 Å². The Labute approximate surface area is 151 Å². The molecule has 2 aromatic heterocycles. The number of ether oxygens (including phenoxy) is 1. The maximum Gasteiger partial charge on any atom is 0.315 e. The molecule has 26 heavy (non-hydrogen) atoms. The summed E-state index contributed by atoms with van der Waals surface area (Å²) in [4.78, 5) is 16.5. The van der Waals surface area contributed by atoms with Gasteiger partial charge in [-0.05, 0) is 55.2 Å². The average Bonchev–Trinajstić information content (AvgIpc) is 3.16. The Morgan fingerprint density at radius 1 is 1.15 bits per heavy atom. The SMILES string of the molecule is COC(=O)C(C)(C)c1cncc(-c2ccc3c(c2)CCc2nncn2-3)c1. The van der Waals surface area contributed by atoms with Crippen molar-refractivity contribution in [3.63, 3.8) is 0 Å². The highest BCUT2D eigenvalue weighted by molar-refractivity contribution is 5.82. The second-order valence-electron chi connectivity index (χ2n) is 7.04. The van der Waals surface area contributed by atoms with Crippen LogP contribution in [0.5, 0.6) is 0 Å². The minimum absolute atomic E-state index is 0.276. The summed E-state index contributed by atoms with van der Waals surface area (Å²) in [7, 11) is 1.41. The average molecular weight is 348 g/mol. The van der Waals surface area contributed by atoms with Gasteiger partial charge in [-0.3, -0.25) is 14.3 Å². The maximum atomic E-state index is 12.1. The van der Waals surface area contributed by atoms with Gasteiger partial charge in [0.05, 0.1) is 18.2 Å². The van der Waals surface area contributed by atoms with Crippen molar-refractivity contribution < 1.29 is 9.53 Å². The molecule has 0 bridgehead atoms. The third-order valence-electron chi connectivity index (χ3n) is 5.06. The van der Waals surface area contributed by atoms with Crippen molar-refractivity contribution in [2.24, 2.45) is 0 Å². The van der Waals surface area contributed by atoms with E-state index in [1.54, 1.807) is 12.5 Å². The second kappa shape index (κ2) is 6.05. The van der Waals surface area contributed by atoms with Crippen LogP contribution in [-0.2, 0) is 27.8 Å². The van der Waals surface area contributed by atoms with E-state index in [0.717, 1.165) is 41.0 Å². The van der Waals surface area contributed by atoms with E-state index in [1.165, 1.54) is 12.7 Å². The van der Waals surface area contributed by atoms with E-state index in [9.17, 15) is 4.79 Å². The summed E-state index contributed by atoms with van der Waals surface area (Å²) in [5.41, 5.74) is 4.53. The molecular weight excluding hydrogens is 328 g/mol. The lowest BCUT2D eigenvalue weighted by Gasteiger charge is -2.22. The Morgan fingerprint density at radius 3 is 2.81 bits per heavy atom. The standard InChI is InChI=1S/C20H20N4O2/c1-20(2,19(25)26-3)16-9-15(10-21-11-16)13-4-6-17-14(8-13)5-7-18-23-22-12-24(17)18/h4,6,8-12H,5,7H2,1-3H3. The van der Waals surface area contributed by atoms with Crippen LogP contribution in [0.4, 0.5) is 0 Å². The molecule has 0 saturated carbocycles. The number of rotatable bonds is 3. The van der Waals surface area contributed by atoms with Gasteiger partial charge < -0.3 is 4.74 Å². The van der Waals surface area contributed by atoms with E-state index >= 15 is 0 Å². The van der Waals surface area contributed by atoms with E-state index in [1.807, 2.05) is 30.7 Å². The summed E-state index contributed by atoms with van der Waals surface area (Å²) < 4.78 is 6.97. The molecule has 3 aromatic rings. The number of nitrogens with zero attached hydrogens (tertiary/aromatic N) is 4. The molecule has 0 saturated heterocycles. The number of hydrogen-bond acceptors (Lipinski definition) is 5. The molecule has 0 fully saturated rings. The van der Waals surface area contributed by atoms with Crippen molar-refractivity contribution in [3.8, 4) is 16.8 Å². The smallest absolute Gasteiger partial charge is 0.315 e. The zero-order valence-electron chi connectivity index (χ0n) is 15.1. The largest absolute Gasteiger partial charge is 0.468 e. The van der Waals surface area contributed by atoms with E-state index in [0.29, 0.717) is 0 Å². The fourth-order valence-corrected chi connectivity index (χ4v) is 3.39. The summed E-state index contributed by atoms with van der Waals surface area (Å²) in [6.07, 6.45) is 7.12. The lowest BCUT2D eigenvalue weighted by atomic mass is 9.84. The van der Waals surface area contributed by atoms with Crippen LogP contribution in [0.25, 0.3) is 16.8 Å². The van der Waals surface area contributed by atoms with Gasteiger partial charge in [0.15, 0.2) is 0 Å². The Bertz CT molecular complexity index is 991. The topological polar surface area (TPSA) is 69.9 Å². The molecule has 0 spiro atoms. The van der Waals surface area contributed by atoms with Crippen molar-refractivity contribution in [3.05, 3.63) is 59.9 Å². The first-order valence-electron chi connectivity index (χ1n) is 8.57. The summed E-state index contributed by atoms with van der Waals surface area (Å²) in [5.74, 6) is 0.718. The molecule has 0 atom stereocenters. The molecular formula is C20H20N4O2. The zero-order chi connectivity index (χ0) is 18.3. The number of aryl methyl sites for hydroxylation is 2. The number of fused-ring (bicyclic) bond motifs is 3. The number of carbonyl (C=O) groups is 1. The van der Waals surface area contributed by atoms with Gasteiger partial charge in [0, 0.05) is 24.4 Å².